The van der Waals surface area contributed by atoms with Crippen molar-refractivity contribution in [1.29, 1.82) is 0 Å². The van der Waals surface area contributed by atoms with Gasteiger partial charge in [0.25, 0.3) is 0 Å². The van der Waals surface area contributed by atoms with Crippen molar-refractivity contribution in [3.8, 4) is 17.2 Å². The summed E-state index contributed by atoms with van der Waals surface area (Å²) >= 11 is 0. The smallest absolute Gasteiger partial charge is 0.378 e. The van der Waals surface area contributed by atoms with Gasteiger partial charge >= 0.3 is 31.1 Å². The number of phosphoric ester groups is 1. The standard InChI is InChI=1S/C24H21F3N3O10P/c1-12-6-14(3)21(18(8-12)28(31)32)38-41(37,39-22-15(4)7-13(2)9-19(22)29(33)34)40-23-16(5)10-17(24(25,26)27)11-20(23)30(35)36/h6-11H,1-5H3. The third kappa shape index (κ3) is 6.72. The summed E-state index contributed by atoms with van der Waals surface area (Å²) in [6, 6.07) is 5.52. The number of nitrogens with zero attached hydrogens (tertiary/aromatic N) is 3. The summed E-state index contributed by atoms with van der Waals surface area (Å²) in [7, 11) is -5.45. The van der Waals surface area contributed by atoms with Gasteiger partial charge in [0.1, 0.15) is 0 Å². The van der Waals surface area contributed by atoms with Crippen molar-refractivity contribution in [2.24, 2.45) is 0 Å². The van der Waals surface area contributed by atoms with E-state index in [4.69, 9.17) is 13.6 Å². The predicted molar refractivity (Wildman–Crippen MR) is 137 cm³/mol. The number of rotatable bonds is 9. The second kappa shape index (κ2) is 11.0. The number of benzene rings is 3. The number of phosphoric acid groups is 1. The number of aryl methyl sites for hydroxylation is 5. The molecule has 13 nitrogen and oxygen atoms in total. The van der Waals surface area contributed by atoms with Crippen molar-refractivity contribution in [3.05, 3.63) is 100 Å². The maximum absolute atomic E-state index is 14.2. The summed E-state index contributed by atoms with van der Waals surface area (Å²) in [4.78, 5) is 32.3. The molecule has 0 aromatic heterocycles. The minimum absolute atomic E-state index is 0.0397. The molecular formula is C24H21F3N3O10P. The maximum atomic E-state index is 14.2. The van der Waals surface area contributed by atoms with Gasteiger partial charge in [0, 0.05) is 18.2 Å². The maximum Gasteiger partial charge on any atom is 0.647 e. The van der Waals surface area contributed by atoms with Crippen molar-refractivity contribution in [2.45, 2.75) is 40.8 Å². The van der Waals surface area contributed by atoms with Gasteiger partial charge in [-0.1, -0.05) is 12.1 Å². The zero-order chi connectivity index (χ0) is 31.0. The van der Waals surface area contributed by atoms with Gasteiger partial charge in [-0.15, -0.1) is 0 Å². The molecule has 0 saturated heterocycles. The SMILES string of the molecule is Cc1cc(C)c(OP(=O)(Oc2c(C)cc(C)cc2[N+](=O)[O-])Oc2c(C)cc(C(F)(F)F)cc2[N+](=O)[O-])c([N+](=O)[O-])c1. The lowest BCUT2D eigenvalue weighted by atomic mass is 10.1. The summed E-state index contributed by atoms with van der Waals surface area (Å²) in [6.45, 7) is 6.70. The molecule has 0 bridgehead atoms. The molecule has 0 spiro atoms. The molecule has 3 aromatic carbocycles. The van der Waals surface area contributed by atoms with E-state index in [-0.39, 0.29) is 17.2 Å². The van der Waals surface area contributed by atoms with E-state index >= 15 is 0 Å². The van der Waals surface area contributed by atoms with Gasteiger partial charge in [0.05, 0.1) is 20.3 Å². The lowest BCUT2D eigenvalue weighted by molar-refractivity contribution is -0.386. The molecule has 0 aliphatic carbocycles. The second-order valence-electron chi connectivity index (χ2n) is 8.99. The molecule has 41 heavy (non-hydrogen) atoms. The Morgan fingerprint density at radius 3 is 1.24 bits per heavy atom. The lowest BCUT2D eigenvalue weighted by Crippen LogP contribution is -2.13. The van der Waals surface area contributed by atoms with Gasteiger partial charge in [0.15, 0.2) is 0 Å². The van der Waals surface area contributed by atoms with Crippen LogP contribution in [0.15, 0.2) is 36.4 Å². The van der Waals surface area contributed by atoms with E-state index in [2.05, 4.69) is 0 Å². The molecule has 0 heterocycles. The van der Waals surface area contributed by atoms with E-state index in [9.17, 15) is 48.1 Å². The summed E-state index contributed by atoms with van der Waals surface area (Å²) in [5.41, 5.74) is -3.78. The molecule has 0 amide bonds. The third-order valence-corrected chi connectivity index (χ3v) is 6.80. The third-order valence-electron chi connectivity index (χ3n) is 5.58. The average Bonchev–Trinajstić information content (AvgIpc) is 2.82. The Morgan fingerprint density at radius 1 is 0.610 bits per heavy atom. The highest BCUT2D eigenvalue weighted by Crippen LogP contribution is 2.56. The highest BCUT2D eigenvalue weighted by molar-refractivity contribution is 7.49. The Hall–Kier alpha value is -4.72. The molecule has 0 unspecified atom stereocenters. The molecule has 0 aliphatic rings. The van der Waals surface area contributed by atoms with Crippen LogP contribution in [0, 0.1) is 65.0 Å². The van der Waals surface area contributed by atoms with Crippen LogP contribution in [0.1, 0.15) is 33.4 Å². The van der Waals surface area contributed by atoms with Crippen molar-refractivity contribution in [2.75, 3.05) is 0 Å². The molecule has 0 N–H and O–H groups in total. The molecule has 0 atom stereocenters. The van der Waals surface area contributed by atoms with Crippen molar-refractivity contribution < 1.29 is 46.1 Å². The van der Waals surface area contributed by atoms with Gasteiger partial charge in [-0.2, -0.15) is 17.7 Å². The number of hydrogen-bond acceptors (Lipinski definition) is 10. The van der Waals surface area contributed by atoms with E-state index in [0.717, 1.165) is 19.1 Å². The summed E-state index contributed by atoms with van der Waals surface area (Å²) in [6.07, 6.45) is -5.00. The largest absolute Gasteiger partial charge is 0.647 e. The zero-order valence-corrected chi connectivity index (χ0v) is 22.9. The van der Waals surface area contributed by atoms with Gasteiger partial charge in [-0.25, -0.2) is 0 Å². The summed E-state index contributed by atoms with van der Waals surface area (Å²) < 4.78 is 70.4. The number of nitro benzene ring substituents is 3. The van der Waals surface area contributed by atoms with Gasteiger partial charge < -0.3 is 13.6 Å². The van der Waals surface area contributed by atoms with Crippen LogP contribution in [0.3, 0.4) is 0 Å². The molecule has 218 valence electrons. The first-order valence-electron chi connectivity index (χ1n) is 11.4. The lowest BCUT2D eigenvalue weighted by Gasteiger charge is -2.22. The molecule has 0 saturated carbocycles. The fourth-order valence-corrected chi connectivity index (χ4v) is 5.43. The Morgan fingerprint density at radius 2 is 0.927 bits per heavy atom. The number of hydrogen-bond donors (Lipinski definition) is 0. The molecule has 3 rings (SSSR count). The predicted octanol–water partition coefficient (Wildman–Crippen LogP) is 7.62. The fraction of sp³-hybridized carbons (Fsp3) is 0.250. The molecular weight excluding hydrogens is 578 g/mol. The minimum Gasteiger partial charge on any atom is -0.378 e. The summed E-state index contributed by atoms with van der Waals surface area (Å²) in [5.74, 6) is -2.31. The van der Waals surface area contributed by atoms with Crippen LogP contribution >= 0.6 is 7.82 Å². The number of halogens is 3. The molecule has 0 aliphatic heterocycles. The molecule has 3 aromatic rings. The highest BCUT2D eigenvalue weighted by Gasteiger charge is 2.43. The van der Waals surface area contributed by atoms with Crippen LogP contribution in [0.5, 0.6) is 17.2 Å². The molecule has 17 heteroatoms. The zero-order valence-electron chi connectivity index (χ0n) is 22.0. The monoisotopic (exact) mass is 599 g/mol. The van der Waals surface area contributed by atoms with E-state index in [1.165, 1.54) is 39.8 Å². The fourth-order valence-electron chi connectivity index (χ4n) is 3.94. The highest BCUT2D eigenvalue weighted by atomic mass is 31.2. The van der Waals surface area contributed by atoms with Crippen LogP contribution in [-0.2, 0) is 10.7 Å². The van der Waals surface area contributed by atoms with Crippen molar-refractivity contribution >= 4 is 24.9 Å². The second-order valence-corrected chi connectivity index (χ2v) is 10.4. The Kier molecular flexibility index (Phi) is 8.30. The van der Waals surface area contributed by atoms with E-state index in [1.54, 1.807) is 0 Å². The minimum atomic E-state index is -5.45. The average molecular weight is 599 g/mol. The van der Waals surface area contributed by atoms with Crippen LogP contribution in [0.25, 0.3) is 0 Å². The van der Waals surface area contributed by atoms with E-state index < -0.39 is 74.2 Å². The Bertz CT molecular complexity index is 1570. The van der Waals surface area contributed by atoms with E-state index in [0.29, 0.717) is 17.2 Å². The van der Waals surface area contributed by atoms with Gasteiger partial charge in [0.2, 0.25) is 17.2 Å². The quantitative estimate of drug-likeness (QED) is 0.135. The van der Waals surface area contributed by atoms with Crippen LogP contribution in [0.4, 0.5) is 30.2 Å². The first-order valence-corrected chi connectivity index (χ1v) is 12.9. The van der Waals surface area contributed by atoms with Crippen LogP contribution in [0.2, 0.25) is 0 Å². The molecule has 0 fully saturated rings. The van der Waals surface area contributed by atoms with Crippen molar-refractivity contribution in [3.63, 3.8) is 0 Å². The molecule has 0 radical (unpaired) electrons. The van der Waals surface area contributed by atoms with E-state index in [1.807, 2.05) is 0 Å². The van der Waals surface area contributed by atoms with Crippen molar-refractivity contribution in [1.82, 2.24) is 0 Å². The number of nitro groups is 3. The summed E-state index contributed by atoms with van der Waals surface area (Å²) in [5, 5.41) is 35.3. The topological polar surface area (TPSA) is 174 Å². The Balaban J connectivity index is 2.31. The Labute approximate surface area is 229 Å². The first kappa shape index (κ1) is 30.8. The van der Waals surface area contributed by atoms with Crippen LogP contribution in [-0.4, -0.2) is 14.8 Å². The van der Waals surface area contributed by atoms with Gasteiger partial charge in [-0.3, -0.25) is 30.3 Å². The van der Waals surface area contributed by atoms with Gasteiger partial charge in [-0.05, 0) is 68.5 Å². The van der Waals surface area contributed by atoms with Crippen LogP contribution < -0.4 is 13.6 Å². The number of alkyl halides is 3. The first-order chi connectivity index (χ1) is 18.8. The normalized spacial score (nSPS) is 11.6.